The zero-order chi connectivity index (χ0) is 14.1. The van der Waals surface area contributed by atoms with Gasteiger partial charge in [-0.2, -0.15) is 11.8 Å². The molecule has 2 aromatic carbocycles. The smallest absolute Gasteiger partial charge is 0.123 e. The molecule has 0 bridgehead atoms. The summed E-state index contributed by atoms with van der Waals surface area (Å²) in [5.74, 6) is 2.55. The molecule has 0 fully saturated rings. The predicted octanol–water partition coefficient (Wildman–Crippen LogP) is 4.41. The van der Waals surface area contributed by atoms with Gasteiger partial charge in [-0.05, 0) is 36.6 Å². The first-order valence-corrected chi connectivity index (χ1v) is 8.03. The molecule has 0 spiro atoms. The normalized spacial score (nSPS) is 17.6. The van der Waals surface area contributed by atoms with Gasteiger partial charge in [-0.1, -0.05) is 30.3 Å². The summed E-state index contributed by atoms with van der Waals surface area (Å²) in [4.78, 5) is 0. The molecule has 1 unspecified atom stereocenters. The van der Waals surface area contributed by atoms with E-state index in [2.05, 4.69) is 35.6 Å². The van der Waals surface area contributed by atoms with Crippen LogP contribution in [-0.4, -0.2) is 10.9 Å². The SMILES string of the molecule is Cc1ccc(NC2CSCc3ccccc32)c(C)c1O. The Labute approximate surface area is 124 Å². The lowest BCUT2D eigenvalue weighted by Gasteiger charge is -2.27. The largest absolute Gasteiger partial charge is 0.507 e. The molecule has 2 aromatic rings. The Kier molecular flexibility index (Phi) is 3.62. The van der Waals surface area contributed by atoms with Crippen LogP contribution in [0.3, 0.4) is 0 Å². The number of aryl methyl sites for hydroxylation is 1. The van der Waals surface area contributed by atoms with Crippen LogP contribution in [0.2, 0.25) is 0 Å². The summed E-state index contributed by atoms with van der Waals surface area (Å²) in [6, 6.07) is 12.9. The quantitative estimate of drug-likeness (QED) is 0.857. The molecule has 1 aliphatic heterocycles. The highest BCUT2D eigenvalue weighted by Crippen LogP contribution is 2.36. The number of hydrogen-bond donors (Lipinski definition) is 2. The van der Waals surface area contributed by atoms with Crippen LogP contribution in [0.4, 0.5) is 5.69 Å². The van der Waals surface area contributed by atoms with E-state index in [0.717, 1.165) is 28.3 Å². The van der Waals surface area contributed by atoms with Crippen LogP contribution in [0.15, 0.2) is 36.4 Å². The van der Waals surface area contributed by atoms with Crippen molar-refractivity contribution in [2.24, 2.45) is 0 Å². The molecule has 2 N–H and O–H groups in total. The molecule has 1 heterocycles. The van der Waals surface area contributed by atoms with Crippen LogP contribution in [0.1, 0.15) is 28.3 Å². The van der Waals surface area contributed by atoms with Gasteiger partial charge in [-0.25, -0.2) is 0 Å². The third kappa shape index (κ3) is 2.38. The second-order valence-electron chi connectivity index (χ2n) is 5.31. The van der Waals surface area contributed by atoms with Crippen molar-refractivity contribution in [2.45, 2.75) is 25.6 Å². The lowest BCUT2D eigenvalue weighted by molar-refractivity contribution is 0.467. The van der Waals surface area contributed by atoms with Crippen LogP contribution in [-0.2, 0) is 5.75 Å². The molecule has 0 saturated heterocycles. The van der Waals surface area contributed by atoms with Gasteiger partial charge < -0.3 is 10.4 Å². The maximum atomic E-state index is 10.1. The van der Waals surface area contributed by atoms with Gasteiger partial charge >= 0.3 is 0 Å². The highest BCUT2D eigenvalue weighted by atomic mass is 32.2. The topological polar surface area (TPSA) is 32.3 Å². The molecule has 104 valence electrons. The van der Waals surface area contributed by atoms with Gasteiger partial charge in [0, 0.05) is 22.8 Å². The van der Waals surface area contributed by atoms with E-state index in [1.807, 2.05) is 31.7 Å². The second kappa shape index (κ2) is 5.41. The first-order chi connectivity index (χ1) is 9.66. The Hall–Kier alpha value is -1.61. The number of phenolic OH excluding ortho intramolecular Hbond substituents is 1. The average Bonchev–Trinajstić information content (AvgIpc) is 2.48. The number of fused-ring (bicyclic) bond motifs is 1. The molecule has 1 atom stereocenters. The number of anilines is 1. The third-order valence-electron chi connectivity index (χ3n) is 3.94. The molecule has 0 aliphatic carbocycles. The minimum atomic E-state index is 0.311. The van der Waals surface area contributed by atoms with Gasteiger partial charge in [0.15, 0.2) is 0 Å². The minimum Gasteiger partial charge on any atom is -0.507 e. The minimum absolute atomic E-state index is 0.311. The standard InChI is InChI=1S/C17H19NOS/c1-11-7-8-15(12(2)17(11)19)18-16-10-20-9-13-5-3-4-6-14(13)16/h3-8,16,18-19H,9-10H2,1-2H3. The number of thioether (sulfide) groups is 1. The van der Waals surface area contributed by atoms with Crippen molar-refractivity contribution >= 4 is 17.4 Å². The molecule has 3 rings (SSSR count). The van der Waals surface area contributed by atoms with Crippen molar-refractivity contribution in [3.63, 3.8) is 0 Å². The average molecular weight is 285 g/mol. The molecular formula is C17H19NOS. The first-order valence-electron chi connectivity index (χ1n) is 6.88. The summed E-state index contributed by atoms with van der Waals surface area (Å²) in [7, 11) is 0. The summed E-state index contributed by atoms with van der Waals surface area (Å²) in [5, 5.41) is 13.7. The molecule has 3 heteroatoms. The van der Waals surface area contributed by atoms with Gasteiger partial charge in [0.25, 0.3) is 0 Å². The summed E-state index contributed by atoms with van der Waals surface area (Å²) >= 11 is 1.95. The Bertz CT molecular complexity index is 639. The molecule has 2 nitrogen and oxygen atoms in total. The monoisotopic (exact) mass is 285 g/mol. The summed E-state index contributed by atoms with van der Waals surface area (Å²) in [6.45, 7) is 3.89. The zero-order valence-corrected chi connectivity index (χ0v) is 12.6. The molecule has 0 saturated carbocycles. The fourth-order valence-electron chi connectivity index (χ4n) is 2.68. The highest BCUT2D eigenvalue weighted by Gasteiger charge is 2.20. The molecule has 0 aromatic heterocycles. The molecule has 1 aliphatic rings. The van der Waals surface area contributed by atoms with Crippen LogP contribution < -0.4 is 5.32 Å². The third-order valence-corrected chi connectivity index (χ3v) is 5.02. The fourth-order valence-corrected chi connectivity index (χ4v) is 3.78. The van der Waals surface area contributed by atoms with Gasteiger partial charge in [-0.15, -0.1) is 0 Å². The van der Waals surface area contributed by atoms with E-state index in [1.165, 1.54) is 11.1 Å². The summed E-state index contributed by atoms with van der Waals surface area (Å²) < 4.78 is 0. The van der Waals surface area contributed by atoms with E-state index in [9.17, 15) is 5.11 Å². The lowest BCUT2D eigenvalue weighted by atomic mass is 10.0. The zero-order valence-electron chi connectivity index (χ0n) is 11.8. The van der Waals surface area contributed by atoms with Crippen LogP contribution >= 0.6 is 11.8 Å². The van der Waals surface area contributed by atoms with Crippen LogP contribution in [0.25, 0.3) is 0 Å². The number of phenols is 1. The molecule has 20 heavy (non-hydrogen) atoms. The van der Waals surface area contributed by atoms with Crippen LogP contribution in [0, 0.1) is 13.8 Å². The van der Waals surface area contributed by atoms with Crippen molar-refractivity contribution in [1.82, 2.24) is 0 Å². The van der Waals surface area contributed by atoms with E-state index >= 15 is 0 Å². The summed E-state index contributed by atoms with van der Waals surface area (Å²) in [5.41, 5.74) is 5.67. The Morgan fingerprint density at radius 1 is 1.15 bits per heavy atom. The maximum Gasteiger partial charge on any atom is 0.123 e. The molecule has 0 amide bonds. The van der Waals surface area contributed by atoms with E-state index in [1.54, 1.807) is 0 Å². The Morgan fingerprint density at radius 3 is 2.80 bits per heavy atom. The Balaban J connectivity index is 1.92. The van der Waals surface area contributed by atoms with Gasteiger partial charge in [0.05, 0.1) is 6.04 Å². The van der Waals surface area contributed by atoms with Crippen molar-refractivity contribution in [3.8, 4) is 5.75 Å². The van der Waals surface area contributed by atoms with Crippen molar-refractivity contribution in [3.05, 3.63) is 58.7 Å². The van der Waals surface area contributed by atoms with Crippen molar-refractivity contribution in [1.29, 1.82) is 0 Å². The van der Waals surface area contributed by atoms with E-state index in [4.69, 9.17) is 0 Å². The van der Waals surface area contributed by atoms with E-state index in [0.29, 0.717) is 11.8 Å². The number of nitrogens with one attached hydrogen (secondary N) is 1. The second-order valence-corrected chi connectivity index (χ2v) is 6.34. The highest BCUT2D eigenvalue weighted by molar-refractivity contribution is 7.98. The predicted molar refractivity (Wildman–Crippen MR) is 86.5 cm³/mol. The number of rotatable bonds is 2. The number of aromatic hydroxyl groups is 1. The Morgan fingerprint density at radius 2 is 1.95 bits per heavy atom. The molecular weight excluding hydrogens is 266 g/mol. The number of benzene rings is 2. The van der Waals surface area contributed by atoms with Crippen molar-refractivity contribution < 1.29 is 5.11 Å². The van der Waals surface area contributed by atoms with Crippen LogP contribution in [0.5, 0.6) is 5.75 Å². The van der Waals surface area contributed by atoms with E-state index < -0.39 is 0 Å². The van der Waals surface area contributed by atoms with Gasteiger partial charge in [0.2, 0.25) is 0 Å². The van der Waals surface area contributed by atoms with Gasteiger partial charge in [-0.3, -0.25) is 0 Å². The maximum absolute atomic E-state index is 10.1. The summed E-state index contributed by atoms with van der Waals surface area (Å²) in [6.07, 6.45) is 0. The van der Waals surface area contributed by atoms with Gasteiger partial charge in [0.1, 0.15) is 5.75 Å². The first kappa shape index (κ1) is 13.4. The molecule has 0 radical (unpaired) electrons. The lowest BCUT2D eigenvalue weighted by Crippen LogP contribution is -2.19. The number of hydrogen-bond acceptors (Lipinski definition) is 3. The van der Waals surface area contributed by atoms with E-state index in [-0.39, 0.29) is 0 Å². The van der Waals surface area contributed by atoms with Crippen molar-refractivity contribution in [2.75, 3.05) is 11.1 Å². The fraction of sp³-hybridized carbons (Fsp3) is 0.294.